The van der Waals surface area contributed by atoms with E-state index in [9.17, 15) is 9.59 Å². The molecule has 29 heavy (non-hydrogen) atoms. The smallest absolute Gasteiger partial charge is 0.271 e. The van der Waals surface area contributed by atoms with Crippen LogP contribution in [0.15, 0.2) is 83.0 Å². The first-order valence-electron chi connectivity index (χ1n) is 8.68. The molecule has 2 aromatic carbocycles. The maximum Gasteiger partial charge on any atom is 0.271 e. The number of amides is 2. The van der Waals surface area contributed by atoms with Gasteiger partial charge in [0.05, 0.1) is 6.34 Å². The van der Waals surface area contributed by atoms with Gasteiger partial charge in [-0.25, -0.2) is 4.99 Å². The van der Waals surface area contributed by atoms with Gasteiger partial charge < -0.3 is 15.4 Å². The zero-order valence-corrected chi connectivity index (χ0v) is 16.3. The minimum absolute atomic E-state index is 0.257. The molecule has 7 heteroatoms. The van der Waals surface area contributed by atoms with Crippen LogP contribution in [0.3, 0.4) is 0 Å². The summed E-state index contributed by atoms with van der Waals surface area (Å²) >= 11 is 0. The van der Waals surface area contributed by atoms with Crippen molar-refractivity contribution in [3.8, 4) is 0 Å². The van der Waals surface area contributed by atoms with Crippen molar-refractivity contribution in [1.82, 2.24) is 10.2 Å². The number of carbonyl (C=O) groups is 2. The second kappa shape index (κ2) is 14.1. The van der Waals surface area contributed by atoms with E-state index in [0.29, 0.717) is 0 Å². The van der Waals surface area contributed by atoms with Gasteiger partial charge in [0.2, 0.25) is 5.91 Å². The number of nitrogens with zero attached hydrogens (tertiary/aromatic N) is 3. The van der Waals surface area contributed by atoms with Gasteiger partial charge in [0.25, 0.3) is 5.91 Å². The van der Waals surface area contributed by atoms with Crippen LogP contribution in [0.5, 0.6) is 0 Å². The molecular weight excluding hydrogens is 368 g/mol. The topological polar surface area (TPSA) is 94.4 Å². The highest BCUT2D eigenvalue weighted by atomic mass is 16.4. The van der Waals surface area contributed by atoms with E-state index < -0.39 is 0 Å². The Hall–Kier alpha value is -4.00. The minimum atomic E-state index is -0.341. The lowest BCUT2D eigenvalue weighted by atomic mass is 10.2. The fourth-order valence-electron chi connectivity index (χ4n) is 1.82. The number of nitrogens with one attached hydrogen (secondary N) is 1. The van der Waals surface area contributed by atoms with Gasteiger partial charge in [0, 0.05) is 26.2 Å². The monoisotopic (exact) mass is 392 g/mol. The Morgan fingerprint density at radius 1 is 0.897 bits per heavy atom. The third-order valence-electron chi connectivity index (χ3n) is 3.13. The standard InChI is InChI=1S/C12H14N2O.C10H10N2O2/c1-14(2)10-13-12(15)9-8-11-6-4-3-5-7-11;13-10(11-8-12-14)7-6-9-4-2-1-3-5-9/h3-10H,1-2H3;1-8,14H,(H,11,12,13). The molecular formula is C22H24N4O3. The highest BCUT2D eigenvalue weighted by molar-refractivity contribution is 5.98. The number of aliphatic imine (C=N–C) groups is 1. The molecule has 0 unspecified atom stereocenters. The molecule has 0 spiro atoms. The van der Waals surface area contributed by atoms with Crippen LogP contribution in [0.1, 0.15) is 11.1 Å². The third-order valence-corrected chi connectivity index (χ3v) is 3.13. The molecule has 2 amide bonds. The largest absolute Gasteiger partial charge is 0.410 e. The maximum atomic E-state index is 11.2. The predicted molar refractivity (Wildman–Crippen MR) is 117 cm³/mol. The lowest BCUT2D eigenvalue weighted by Crippen LogP contribution is -2.18. The van der Waals surface area contributed by atoms with Crippen molar-refractivity contribution in [1.29, 1.82) is 0 Å². The molecule has 0 heterocycles. The summed E-state index contributed by atoms with van der Waals surface area (Å²) in [6.45, 7) is 0. The first kappa shape index (κ1) is 23.0. The van der Waals surface area contributed by atoms with Gasteiger partial charge in [-0.1, -0.05) is 65.8 Å². The molecule has 0 aromatic heterocycles. The van der Waals surface area contributed by atoms with Crippen LogP contribution in [-0.2, 0) is 9.59 Å². The van der Waals surface area contributed by atoms with E-state index in [1.165, 1.54) is 18.5 Å². The Morgan fingerprint density at radius 3 is 1.90 bits per heavy atom. The molecule has 7 nitrogen and oxygen atoms in total. The normalized spacial score (nSPS) is 11.0. The van der Waals surface area contributed by atoms with Crippen LogP contribution < -0.4 is 5.32 Å². The summed E-state index contributed by atoms with van der Waals surface area (Å²) in [4.78, 5) is 27.6. The zero-order valence-electron chi connectivity index (χ0n) is 16.3. The van der Waals surface area contributed by atoms with E-state index in [4.69, 9.17) is 5.21 Å². The molecule has 0 aliphatic carbocycles. The van der Waals surface area contributed by atoms with Gasteiger partial charge in [0.15, 0.2) is 0 Å². The van der Waals surface area contributed by atoms with Crippen LogP contribution in [0, 0.1) is 0 Å². The Morgan fingerprint density at radius 2 is 1.41 bits per heavy atom. The number of oxime groups is 1. The SMILES string of the molecule is CN(C)C=NC(=O)C=Cc1ccccc1.O=C(C=Cc1ccccc1)NC=NO. The molecule has 0 radical (unpaired) electrons. The second-order valence-corrected chi connectivity index (χ2v) is 5.79. The highest BCUT2D eigenvalue weighted by Gasteiger charge is 1.91. The van der Waals surface area contributed by atoms with Crippen molar-refractivity contribution in [2.75, 3.05) is 14.1 Å². The number of rotatable bonds is 6. The van der Waals surface area contributed by atoms with E-state index >= 15 is 0 Å². The number of hydrogen-bond acceptors (Lipinski definition) is 4. The molecule has 0 bridgehead atoms. The summed E-state index contributed by atoms with van der Waals surface area (Å²) in [5.41, 5.74) is 1.93. The molecule has 0 aliphatic heterocycles. The lowest BCUT2D eigenvalue weighted by Gasteiger charge is -1.99. The van der Waals surface area contributed by atoms with Crippen LogP contribution in [0.4, 0.5) is 0 Å². The molecule has 0 atom stereocenters. The van der Waals surface area contributed by atoms with Crippen LogP contribution in [0.25, 0.3) is 12.2 Å². The van der Waals surface area contributed by atoms with Crippen LogP contribution in [-0.4, -0.2) is 48.7 Å². The second-order valence-electron chi connectivity index (χ2n) is 5.79. The Kier molecular flexibility index (Phi) is 11.2. The lowest BCUT2D eigenvalue weighted by molar-refractivity contribution is -0.115. The molecule has 0 saturated heterocycles. The summed E-state index contributed by atoms with van der Waals surface area (Å²) in [7, 11) is 3.63. The maximum absolute atomic E-state index is 11.2. The van der Waals surface area contributed by atoms with Crippen molar-refractivity contribution < 1.29 is 14.8 Å². The van der Waals surface area contributed by atoms with Crippen molar-refractivity contribution in [3.63, 3.8) is 0 Å². The summed E-state index contributed by atoms with van der Waals surface area (Å²) in [5.74, 6) is -0.598. The fourth-order valence-corrected chi connectivity index (χ4v) is 1.82. The summed E-state index contributed by atoms with van der Waals surface area (Å²) < 4.78 is 0. The Labute approximate surface area is 170 Å². The first-order chi connectivity index (χ1) is 14.0. The fraction of sp³-hybridized carbons (Fsp3) is 0.0909. The van der Waals surface area contributed by atoms with E-state index in [2.05, 4.69) is 15.5 Å². The van der Waals surface area contributed by atoms with E-state index in [1.807, 2.05) is 74.8 Å². The molecule has 2 N–H and O–H groups in total. The van der Waals surface area contributed by atoms with Crippen molar-refractivity contribution in [2.24, 2.45) is 10.1 Å². The molecule has 2 aromatic rings. The summed E-state index contributed by atoms with van der Waals surface area (Å²) in [5, 5.41) is 12.9. The van der Waals surface area contributed by atoms with Gasteiger partial charge in [-0.2, -0.15) is 0 Å². The van der Waals surface area contributed by atoms with Crippen molar-refractivity contribution in [3.05, 3.63) is 83.9 Å². The van der Waals surface area contributed by atoms with Crippen molar-refractivity contribution >= 4 is 36.6 Å². The Balaban J connectivity index is 0.000000291. The van der Waals surface area contributed by atoms with Crippen molar-refractivity contribution in [2.45, 2.75) is 0 Å². The van der Waals surface area contributed by atoms with Gasteiger partial charge in [-0.05, 0) is 23.3 Å². The van der Waals surface area contributed by atoms with E-state index in [0.717, 1.165) is 17.5 Å². The van der Waals surface area contributed by atoms with Gasteiger partial charge >= 0.3 is 0 Å². The third kappa shape index (κ3) is 12.1. The minimum Gasteiger partial charge on any atom is -0.410 e. The average Bonchev–Trinajstić information content (AvgIpc) is 2.75. The number of carbonyl (C=O) groups excluding carboxylic acids is 2. The molecule has 0 fully saturated rings. The number of benzene rings is 2. The van der Waals surface area contributed by atoms with Gasteiger partial charge in [-0.15, -0.1) is 0 Å². The Bertz CT molecular complexity index is 858. The molecule has 0 aliphatic rings. The van der Waals surface area contributed by atoms with Crippen LogP contribution >= 0.6 is 0 Å². The average molecular weight is 392 g/mol. The van der Waals surface area contributed by atoms with Crippen LogP contribution in [0.2, 0.25) is 0 Å². The zero-order chi connectivity index (χ0) is 21.3. The summed E-state index contributed by atoms with van der Waals surface area (Å²) in [6.07, 6.45) is 8.62. The highest BCUT2D eigenvalue weighted by Crippen LogP contribution is 2.01. The first-order valence-corrected chi connectivity index (χ1v) is 8.68. The van der Waals surface area contributed by atoms with E-state index in [1.54, 1.807) is 17.1 Å². The van der Waals surface area contributed by atoms with Gasteiger partial charge in [-0.3, -0.25) is 9.59 Å². The molecule has 150 valence electrons. The summed E-state index contributed by atoms with van der Waals surface area (Å²) in [6, 6.07) is 19.1. The molecule has 2 rings (SSSR count). The van der Waals surface area contributed by atoms with E-state index in [-0.39, 0.29) is 11.8 Å². The number of hydrogen-bond donors (Lipinski definition) is 2. The predicted octanol–water partition coefficient (Wildman–Crippen LogP) is 3.05. The van der Waals surface area contributed by atoms with Gasteiger partial charge in [0.1, 0.15) is 6.34 Å². The molecule has 0 saturated carbocycles. The quantitative estimate of drug-likeness (QED) is 0.260.